The summed E-state index contributed by atoms with van der Waals surface area (Å²) in [5.41, 5.74) is -0.768. The summed E-state index contributed by atoms with van der Waals surface area (Å²) in [6.45, 7) is -1.56. The highest BCUT2D eigenvalue weighted by Gasteiger charge is 2.40. The zero-order valence-corrected chi connectivity index (χ0v) is 25.8. The highest BCUT2D eigenvalue weighted by Crippen LogP contribution is 2.27. The molecule has 1 aliphatic heterocycles. The fourth-order valence-electron chi connectivity index (χ4n) is 4.92. The second-order valence-electron chi connectivity index (χ2n) is 11.0. The lowest BCUT2D eigenvalue weighted by molar-refractivity contribution is -0.207. The van der Waals surface area contributed by atoms with Crippen molar-refractivity contribution in [2.24, 2.45) is 0 Å². The monoisotopic (exact) mass is 699 g/mol. The number of amides is 1. The number of halogens is 5. The molecule has 14 nitrogen and oxygen atoms in total. The number of rotatable bonds is 9. The quantitative estimate of drug-likeness (QED) is 0.244. The smallest absolute Gasteiger partial charge is 0.382 e. The van der Waals surface area contributed by atoms with E-state index in [9.17, 15) is 40.7 Å². The van der Waals surface area contributed by atoms with Gasteiger partial charge in [-0.15, -0.1) is 10.2 Å². The molecule has 1 aliphatic carbocycles. The van der Waals surface area contributed by atoms with Crippen LogP contribution in [0.5, 0.6) is 0 Å². The Balaban J connectivity index is 1.41. The molecule has 47 heavy (non-hydrogen) atoms. The van der Waals surface area contributed by atoms with E-state index in [-0.39, 0.29) is 65.6 Å². The molecule has 3 unspecified atom stereocenters. The van der Waals surface area contributed by atoms with Gasteiger partial charge in [-0.1, -0.05) is 11.6 Å². The number of pyridine rings is 1. The molecule has 2 fully saturated rings. The van der Waals surface area contributed by atoms with Gasteiger partial charge in [-0.05, 0) is 36.4 Å². The highest BCUT2D eigenvalue weighted by atomic mass is 35.5. The van der Waals surface area contributed by atoms with Crippen molar-refractivity contribution in [2.75, 3.05) is 29.5 Å². The Hall–Kier alpha value is -4.36. The predicted molar refractivity (Wildman–Crippen MR) is 159 cm³/mol. The third kappa shape index (κ3) is 7.01. The molecule has 2 N–H and O–H groups in total. The van der Waals surface area contributed by atoms with Gasteiger partial charge in [-0.3, -0.25) is 9.36 Å². The molecule has 2 aliphatic rings. The Labute approximate surface area is 268 Å². The first-order chi connectivity index (χ1) is 22.2. The molecule has 0 spiro atoms. The molecule has 4 aromatic rings. The van der Waals surface area contributed by atoms with Gasteiger partial charge in [0.05, 0.1) is 29.8 Å². The number of carbonyl (C=O) groups excluding carboxylic acids is 1. The molecule has 3 atom stereocenters. The van der Waals surface area contributed by atoms with Crippen molar-refractivity contribution in [1.29, 1.82) is 0 Å². The average Bonchev–Trinajstić information content (AvgIpc) is 3.41. The number of sulfone groups is 1. The van der Waals surface area contributed by atoms with Crippen molar-refractivity contribution in [1.82, 2.24) is 39.4 Å². The summed E-state index contributed by atoms with van der Waals surface area (Å²) < 4.78 is 80.5. The van der Waals surface area contributed by atoms with Crippen molar-refractivity contribution < 1.29 is 35.9 Å². The molecule has 0 radical (unpaired) electrons. The van der Waals surface area contributed by atoms with E-state index in [1.807, 2.05) is 0 Å². The topological polar surface area (TPSA) is 170 Å². The van der Waals surface area contributed by atoms with Crippen LogP contribution in [0.4, 0.5) is 23.5 Å². The number of hydrogen-bond acceptors (Lipinski definition) is 10. The van der Waals surface area contributed by atoms with E-state index in [0.717, 1.165) is 4.68 Å². The Morgan fingerprint density at radius 3 is 2.45 bits per heavy atom. The van der Waals surface area contributed by atoms with Crippen LogP contribution in [-0.2, 0) is 22.9 Å². The van der Waals surface area contributed by atoms with Crippen LogP contribution in [0.2, 0.25) is 5.02 Å². The van der Waals surface area contributed by atoms with E-state index in [1.165, 1.54) is 47.3 Å². The molecule has 1 aromatic carbocycles. The van der Waals surface area contributed by atoms with Crippen LogP contribution in [0, 0.1) is 0 Å². The van der Waals surface area contributed by atoms with Gasteiger partial charge in [0.25, 0.3) is 5.91 Å². The lowest BCUT2D eigenvalue weighted by Crippen LogP contribution is -2.41. The SMILES string of the molecule is O=C(NC1CC1F)c1ncccc1-n1nc(Cn2nc(-c3ccc(Cl)cc3)n(CC(O)C(F)(F)F)c2=O)nc1N1CCS(=O)(=O)CC1. The number of aliphatic hydroxyl groups excluding tert-OH is 1. The first kappa shape index (κ1) is 32.6. The molecule has 6 rings (SSSR count). The van der Waals surface area contributed by atoms with E-state index < -0.39 is 59.0 Å². The Bertz CT molecular complexity index is 1970. The minimum atomic E-state index is -5.02. The number of alkyl halides is 4. The number of aliphatic hydroxyl groups is 1. The van der Waals surface area contributed by atoms with Crippen LogP contribution < -0.4 is 15.9 Å². The molecule has 1 saturated heterocycles. The molecular weight excluding hydrogens is 674 g/mol. The molecule has 3 aromatic heterocycles. The number of hydrogen-bond donors (Lipinski definition) is 2. The van der Waals surface area contributed by atoms with Crippen LogP contribution in [0.15, 0.2) is 47.4 Å². The number of benzene rings is 1. The van der Waals surface area contributed by atoms with Crippen molar-refractivity contribution in [3.63, 3.8) is 0 Å². The van der Waals surface area contributed by atoms with Gasteiger partial charge in [0.1, 0.15) is 12.7 Å². The van der Waals surface area contributed by atoms with Crippen molar-refractivity contribution in [3.8, 4) is 17.1 Å². The van der Waals surface area contributed by atoms with Gasteiger partial charge in [0.2, 0.25) is 5.95 Å². The first-order valence-electron chi connectivity index (χ1n) is 14.2. The van der Waals surface area contributed by atoms with Gasteiger partial charge in [-0.2, -0.15) is 22.8 Å². The van der Waals surface area contributed by atoms with Crippen LogP contribution in [0.1, 0.15) is 22.7 Å². The lowest BCUT2D eigenvalue weighted by atomic mass is 10.2. The number of aromatic nitrogens is 7. The maximum atomic E-state index is 13.5. The molecule has 250 valence electrons. The van der Waals surface area contributed by atoms with Gasteiger partial charge in [0, 0.05) is 36.3 Å². The summed E-state index contributed by atoms with van der Waals surface area (Å²) in [4.78, 5) is 36.8. The zero-order chi connectivity index (χ0) is 33.7. The van der Waals surface area contributed by atoms with Crippen LogP contribution >= 0.6 is 11.6 Å². The Morgan fingerprint density at radius 1 is 1.13 bits per heavy atom. The van der Waals surface area contributed by atoms with E-state index >= 15 is 0 Å². The Morgan fingerprint density at radius 2 is 1.81 bits per heavy atom. The van der Waals surface area contributed by atoms with Crippen molar-refractivity contribution >= 4 is 33.3 Å². The number of carbonyl (C=O) groups is 1. The fourth-order valence-corrected chi connectivity index (χ4v) is 6.24. The summed E-state index contributed by atoms with van der Waals surface area (Å²) in [6, 6.07) is 8.16. The third-order valence-corrected chi connectivity index (χ3v) is 9.43. The van der Waals surface area contributed by atoms with Crippen molar-refractivity contribution in [3.05, 3.63) is 69.6 Å². The maximum Gasteiger partial charge on any atom is 0.416 e. The summed E-state index contributed by atoms with van der Waals surface area (Å²) >= 11 is 5.95. The Kier molecular flexibility index (Phi) is 8.56. The summed E-state index contributed by atoms with van der Waals surface area (Å²) in [5, 5.41) is 21.4. The number of nitrogens with one attached hydrogen (secondary N) is 1. The minimum absolute atomic E-state index is 0.0263. The first-order valence-corrected chi connectivity index (χ1v) is 16.4. The number of anilines is 1. The second-order valence-corrected chi connectivity index (χ2v) is 13.8. The van der Waals surface area contributed by atoms with Crippen LogP contribution in [0.3, 0.4) is 0 Å². The van der Waals surface area contributed by atoms with Crippen LogP contribution in [0.25, 0.3) is 17.1 Å². The standard InChI is InChI=1S/C27H26ClF4N9O5S/c28-16-5-3-15(4-6-16)23-37-40(26(44)39(23)13-20(42)27(30,31)32)14-21-35-25(38-8-10-47(45,46)11-9-38)41(36-21)19-2-1-7-33-22(19)24(43)34-18-12-17(18)29/h1-7,17-18,20,42H,8-14H2,(H,34,43). The fraction of sp³-hybridized carbons (Fsp3) is 0.407. The van der Waals surface area contributed by atoms with Gasteiger partial charge >= 0.3 is 11.9 Å². The molecule has 0 bridgehead atoms. The maximum absolute atomic E-state index is 13.5. The van der Waals surface area contributed by atoms with E-state index in [4.69, 9.17) is 11.6 Å². The second kappa shape index (κ2) is 12.3. The van der Waals surface area contributed by atoms with Gasteiger partial charge in [0.15, 0.2) is 33.3 Å². The van der Waals surface area contributed by atoms with E-state index in [1.54, 1.807) is 4.90 Å². The zero-order valence-electron chi connectivity index (χ0n) is 24.2. The van der Waals surface area contributed by atoms with Gasteiger partial charge in [-0.25, -0.2) is 27.3 Å². The molecule has 20 heteroatoms. The number of nitrogens with zero attached hydrogens (tertiary/aromatic N) is 8. The molecule has 4 heterocycles. The third-order valence-electron chi connectivity index (χ3n) is 7.57. The molecule has 1 amide bonds. The van der Waals surface area contributed by atoms with Crippen LogP contribution in [-0.4, -0.2) is 103 Å². The molecule has 1 saturated carbocycles. The highest BCUT2D eigenvalue weighted by molar-refractivity contribution is 7.91. The van der Waals surface area contributed by atoms with E-state index in [2.05, 4.69) is 25.5 Å². The summed E-state index contributed by atoms with van der Waals surface area (Å²) in [5.74, 6) is -1.21. The normalized spacial score (nSPS) is 19.8. The summed E-state index contributed by atoms with van der Waals surface area (Å²) in [6.07, 6.45) is -7.56. The van der Waals surface area contributed by atoms with Crippen molar-refractivity contribution in [2.45, 2.75) is 44.0 Å². The summed E-state index contributed by atoms with van der Waals surface area (Å²) in [7, 11) is -3.31. The minimum Gasteiger partial charge on any atom is -0.382 e. The predicted octanol–water partition coefficient (Wildman–Crippen LogP) is 1.39. The van der Waals surface area contributed by atoms with Gasteiger partial charge < -0.3 is 15.3 Å². The lowest BCUT2D eigenvalue weighted by Gasteiger charge is -2.27. The molecular formula is C27H26ClF4N9O5S. The largest absolute Gasteiger partial charge is 0.416 e. The van der Waals surface area contributed by atoms with E-state index in [0.29, 0.717) is 9.59 Å². The average molecular weight is 700 g/mol.